The normalized spacial score (nSPS) is 14.8. The van der Waals surface area contributed by atoms with Crippen molar-refractivity contribution >= 4 is 28.6 Å². The van der Waals surface area contributed by atoms with Crippen molar-refractivity contribution in [3.63, 3.8) is 0 Å². The monoisotopic (exact) mass is 301 g/mol. The first kappa shape index (κ1) is 14.1. The van der Waals surface area contributed by atoms with Crippen molar-refractivity contribution in [2.24, 2.45) is 0 Å². The molecule has 0 atom stereocenters. The Kier molecular flexibility index (Phi) is 3.92. The number of amides is 1. The molecule has 2 heterocycles. The van der Waals surface area contributed by atoms with Crippen molar-refractivity contribution in [2.75, 3.05) is 22.9 Å². The van der Waals surface area contributed by atoms with Gasteiger partial charge in [-0.2, -0.15) is 0 Å². The molecule has 2 aromatic rings. The van der Waals surface area contributed by atoms with Gasteiger partial charge < -0.3 is 9.80 Å². The van der Waals surface area contributed by atoms with Gasteiger partial charge in [-0.25, -0.2) is 4.98 Å². The summed E-state index contributed by atoms with van der Waals surface area (Å²) in [6.45, 7) is 6.18. The molecule has 0 saturated heterocycles. The molecule has 0 saturated carbocycles. The molecule has 0 N–H and O–H groups in total. The van der Waals surface area contributed by atoms with Gasteiger partial charge in [0, 0.05) is 25.4 Å². The highest BCUT2D eigenvalue weighted by Gasteiger charge is 2.22. The molecule has 4 nitrogen and oxygen atoms in total. The van der Waals surface area contributed by atoms with E-state index in [0.717, 1.165) is 48.1 Å². The molecule has 0 radical (unpaired) electrons. The summed E-state index contributed by atoms with van der Waals surface area (Å²) in [5.74, 6) is 0.105. The van der Waals surface area contributed by atoms with Crippen LogP contribution in [0, 0.1) is 6.92 Å². The summed E-state index contributed by atoms with van der Waals surface area (Å²) in [6, 6.07) is 8.14. The predicted octanol–water partition coefficient (Wildman–Crippen LogP) is 3.21. The van der Waals surface area contributed by atoms with Crippen LogP contribution in [0.1, 0.15) is 24.0 Å². The Morgan fingerprint density at radius 3 is 2.71 bits per heavy atom. The average molecular weight is 301 g/mol. The molecule has 110 valence electrons. The van der Waals surface area contributed by atoms with Gasteiger partial charge in [-0.1, -0.05) is 12.1 Å². The summed E-state index contributed by atoms with van der Waals surface area (Å²) < 4.78 is 0. The van der Waals surface area contributed by atoms with Crippen molar-refractivity contribution in [1.82, 2.24) is 4.98 Å². The highest BCUT2D eigenvalue weighted by molar-refractivity contribution is 7.09. The maximum Gasteiger partial charge on any atom is 0.223 e. The van der Waals surface area contributed by atoms with E-state index in [1.807, 2.05) is 30.0 Å². The summed E-state index contributed by atoms with van der Waals surface area (Å²) >= 11 is 1.68. The fourth-order valence-corrected chi connectivity index (χ4v) is 3.39. The van der Waals surface area contributed by atoms with Gasteiger partial charge in [0.1, 0.15) is 0 Å². The van der Waals surface area contributed by atoms with Gasteiger partial charge in [-0.3, -0.25) is 4.79 Å². The Morgan fingerprint density at radius 2 is 2.05 bits per heavy atom. The van der Waals surface area contributed by atoms with Gasteiger partial charge in [0.15, 0.2) is 0 Å². The number of fused-ring (bicyclic) bond motifs is 1. The molecule has 0 fully saturated rings. The zero-order valence-corrected chi connectivity index (χ0v) is 13.2. The Hall–Kier alpha value is -1.88. The van der Waals surface area contributed by atoms with Gasteiger partial charge in [-0.05, 0) is 25.5 Å². The number of benzene rings is 1. The van der Waals surface area contributed by atoms with Gasteiger partial charge >= 0.3 is 0 Å². The van der Waals surface area contributed by atoms with Gasteiger partial charge in [-0.15, -0.1) is 11.3 Å². The van der Waals surface area contributed by atoms with Crippen molar-refractivity contribution in [3.05, 3.63) is 40.3 Å². The van der Waals surface area contributed by atoms with Crippen LogP contribution in [-0.4, -0.2) is 24.0 Å². The molecular formula is C16H19N3OS. The molecule has 1 aliphatic rings. The van der Waals surface area contributed by atoms with Gasteiger partial charge in [0.05, 0.1) is 28.6 Å². The van der Waals surface area contributed by atoms with E-state index < -0.39 is 0 Å². The van der Waals surface area contributed by atoms with Crippen LogP contribution >= 0.6 is 11.3 Å². The van der Waals surface area contributed by atoms with Crippen LogP contribution < -0.4 is 9.80 Å². The van der Waals surface area contributed by atoms with Gasteiger partial charge in [0.2, 0.25) is 5.91 Å². The molecular weight excluding hydrogens is 282 g/mol. The van der Waals surface area contributed by atoms with E-state index in [2.05, 4.69) is 21.3 Å². The van der Waals surface area contributed by atoms with Crippen LogP contribution in [0.5, 0.6) is 0 Å². The van der Waals surface area contributed by atoms with Crippen LogP contribution in [0.25, 0.3) is 0 Å². The van der Waals surface area contributed by atoms with E-state index in [4.69, 9.17) is 0 Å². The number of anilines is 2. The van der Waals surface area contributed by atoms with Crippen LogP contribution in [0.4, 0.5) is 11.4 Å². The minimum Gasteiger partial charge on any atom is -0.364 e. The van der Waals surface area contributed by atoms with Crippen LogP contribution in [0.3, 0.4) is 0 Å². The molecule has 0 aliphatic carbocycles. The summed E-state index contributed by atoms with van der Waals surface area (Å²) in [6.07, 6.45) is 0.970. The smallest absolute Gasteiger partial charge is 0.223 e. The number of aryl methyl sites for hydroxylation is 1. The molecule has 0 spiro atoms. The van der Waals surface area contributed by atoms with Crippen molar-refractivity contribution in [3.8, 4) is 0 Å². The van der Waals surface area contributed by atoms with E-state index in [-0.39, 0.29) is 5.91 Å². The van der Waals surface area contributed by atoms with Crippen molar-refractivity contribution in [1.29, 1.82) is 0 Å². The van der Waals surface area contributed by atoms with Gasteiger partial charge in [0.25, 0.3) is 0 Å². The summed E-state index contributed by atoms with van der Waals surface area (Å²) in [7, 11) is 0. The molecule has 1 aromatic carbocycles. The quantitative estimate of drug-likeness (QED) is 0.854. The number of para-hydroxylation sites is 2. The highest BCUT2D eigenvalue weighted by Crippen LogP contribution is 2.33. The molecule has 0 bridgehead atoms. The molecule has 3 rings (SSSR count). The van der Waals surface area contributed by atoms with Crippen molar-refractivity contribution in [2.45, 2.75) is 26.8 Å². The SMILES string of the molecule is CC(=O)N1CCCN(Cc2csc(C)n2)c2ccccc21. The maximum absolute atomic E-state index is 11.9. The second-order valence-electron chi connectivity index (χ2n) is 5.29. The Balaban J connectivity index is 1.94. The average Bonchev–Trinajstić information content (AvgIpc) is 2.78. The molecule has 1 aromatic heterocycles. The first-order valence-electron chi connectivity index (χ1n) is 7.18. The number of aromatic nitrogens is 1. The lowest BCUT2D eigenvalue weighted by atomic mass is 10.2. The van der Waals surface area contributed by atoms with Crippen LogP contribution in [0.15, 0.2) is 29.6 Å². The topological polar surface area (TPSA) is 36.4 Å². The highest BCUT2D eigenvalue weighted by atomic mass is 32.1. The summed E-state index contributed by atoms with van der Waals surface area (Å²) in [5.41, 5.74) is 3.23. The standard InChI is InChI=1S/C16H19N3OS/c1-12-17-14(11-21-12)10-18-8-5-9-19(13(2)20)16-7-4-3-6-15(16)18/h3-4,6-7,11H,5,8-10H2,1-2H3. The first-order valence-corrected chi connectivity index (χ1v) is 8.06. The van der Waals surface area contributed by atoms with Crippen LogP contribution in [0.2, 0.25) is 0 Å². The minimum absolute atomic E-state index is 0.105. The first-order chi connectivity index (χ1) is 10.1. The Labute approximate surface area is 129 Å². The Bertz CT molecular complexity index is 652. The number of nitrogens with zero attached hydrogens (tertiary/aromatic N) is 3. The second kappa shape index (κ2) is 5.85. The third kappa shape index (κ3) is 2.93. The van der Waals surface area contributed by atoms with E-state index in [1.54, 1.807) is 18.3 Å². The Morgan fingerprint density at radius 1 is 1.29 bits per heavy atom. The number of carbonyl (C=O) groups excluding carboxylic acids is 1. The van der Waals surface area contributed by atoms with E-state index in [0.29, 0.717) is 0 Å². The fraction of sp³-hybridized carbons (Fsp3) is 0.375. The lowest BCUT2D eigenvalue weighted by Gasteiger charge is -2.25. The third-order valence-electron chi connectivity index (χ3n) is 3.72. The third-order valence-corrected chi connectivity index (χ3v) is 4.54. The number of thiazole rings is 1. The van der Waals surface area contributed by atoms with E-state index in [9.17, 15) is 4.79 Å². The number of hydrogen-bond acceptors (Lipinski definition) is 4. The molecule has 1 aliphatic heterocycles. The molecule has 21 heavy (non-hydrogen) atoms. The number of hydrogen-bond donors (Lipinski definition) is 0. The molecule has 1 amide bonds. The maximum atomic E-state index is 11.9. The fourth-order valence-electron chi connectivity index (χ4n) is 2.79. The number of rotatable bonds is 2. The zero-order chi connectivity index (χ0) is 14.8. The minimum atomic E-state index is 0.105. The second-order valence-corrected chi connectivity index (χ2v) is 6.35. The zero-order valence-electron chi connectivity index (χ0n) is 12.4. The lowest BCUT2D eigenvalue weighted by Crippen LogP contribution is -2.28. The largest absolute Gasteiger partial charge is 0.364 e. The summed E-state index contributed by atoms with van der Waals surface area (Å²) in [5, 5.41) is 3.21. The van der Waals surface area contributed by atoms with E-state index in [1.165, 1.54) is 0 Å². The lowest BCUT2D eigenvalue weighted by molar-refractivity contribution is -0.116. The number of carbonyl (C=O) groups is 1. The molecule has 0 unspecified atom stereocenters. The predicted molar refractivity (Wildman–Crippen MR) is 87.0 cm³/mol. The van der Waals surface area contributed by atoms with Crippen molar-refractivity contribution < 1.29 is 4.79 Å². The van der Waals surface area contributed by atoms with Crippen LogP contribution in [-0.2, 0) is 11.3 Å². The molecule has 5 heteroatoms. The van der Waals surface area contributed by atoms with E-state index >= 15 is 0 Å². The summed E-state index contributed by atoms with van der Waals surface area (Å²) in [4.78, 5) is 20.6.